The number of hydrogen-bond donors (Lipinski definition) is 1. The molecule has 1 unspecified atom stereocenters. The zero-order valence-electron chi connectivity index (χ0n) is 18.0. The van der Waals surface area contributed by atoms with E-state index in [1.165, 1.54) is 0 Å². The molecule has 4 heterocycles. The lowest BCUT2D eigenvalue weighted by atomic mass is 10.1. The van der Waals surface area contributed by atoms with Gasteiger partial charge < -0.3 is 19.0 Å². The molecule has 0 saturated heterocycles. The summed E-state index contributed by atoms with van der Waals surface area (Å²) >= 11 is 0. The first-order valence-corrected chi connectivity index (χ1v) is 10.6. The van der Waals surface area contributed by atoms with Crippen molar-refractivity contribution in [1.29, 1.82) is 0 Å². The fourth-order valence-corrected chi connectivity index (χ4v) is 3.80. The van der Waals surface area contributed by atoms with Crippen LogP contribution in [0.4, 0.5) is 5.69 Å². The quantitative estimate of drug-likeness (QED) is 0.440. The predicted octanol–water partition coefficient (Wildman–Crippen LogP) is 3.45. The number of benzene rings is 1. The molecule has 2 amide bonds. The van der Waals surface area contributed by atoms with E-state index in [1.807, 2.05) is 47.7 Å². The Morgan fingerprint density at radius 3 is 2.15 bits per heavy atom. The number of anilines is 1. The summed E-state index contributed by atoms with van der Waals surface area (Å²) in [5, 5.41) is 3.00. The predicted molar refractivity (Wildman–Crippen MR) is 125 cm³/mol. The molecule has 8 nitrogen and oxygen atoms in total. The van der Waals surface area contributed by atoms with Gasteiger partial charge in [-0.05, 0) is 43.3 Å². The maximum atomic E-state index is 13.5. The monoisotopic (exact) mass is 438 g/mol. The van der Waals surface area contributed by atoms with E-state index in [4.69, 9.17) is 0 Å². The summed E-state index contributed by atoms with van der Waals surface area (Å²) in [7, 11) is 0. The minimum atomic E-state index is -0.294. The number of nitrogens with one attached hydrogen (secondary N) is 1. The van der Waals surface area contributed by atoms with Gasteiger partial charge in [0.05, 0.1) is 11.1 Å². The largest absolute Gasteiger partial charge is 0.348 e. The standard InChI is InChI=1S/C25H22N6O2/c1-18(28-24(32)19-7-9-22-26-11-13-29(22)16-19)15-31(21-5-3-2-4-6-21)25(33)20-8-10-23-27-12-14-30(23)17-20/h2-14,16-18H,15H2,1H3,(H,28,32). The van der Waals surface area contributed by atoms with Crippen LogP contribution in [0.1, 0.15) is 27.6 Å². The lowest BCUT2D eigenvalue weighted by Gasteiger charge is -2.27. The maximum absolute atomic E-state index is 13.5. The number of rotatable bonds is 6. The number of carbonyl (C=O) groups excluding carboxylic acids is 2. The van der Waals surface area contributed by atoms with E-state index in [1.54, 1.807) is 64.7 Å². The van der Waals surface area contributed by atoms with Gasteiger partial charge in [-0.2, -0.15) is 0 Å². The zero-order valence-corrected chi connectivity index (χ0v) is 18.0. The fraction of sp³-hybridized carbons (Fsp3) is 0.120. The van der Waals surface area contributed by atoms with E-state index >= 15 is 0 Å². The highest BCUT2D eigenvalue weighted by Gasteiger charge is 2.22. The molecule has 0 aliphatic rings. The Bertz CT molecular complexity index is 1440. The summed E-state index contributed by atoms with van der Waals surface area (Å²) in [6.45, 7) is 2.19. The normalized spacial score (nSPS) is 12.0. The van der Waals surface area contributed by atoms with Crippen LogP contribution < -0.4 is 10.2 Å². The highest BCUT2D eigenvalue weighted by atomic mass is 16.2. The van der Waals surface area contributed by atoms with Crippen molar-refractivity contribution in [2.45, 2.75) is 13.0 Å². The number of hydrogen-bond acceptors (Lipinski definition) is 4. The van der Waals surface area contributed by atoms with E-state index in [2.05, 4.69) is 15.3 Å². The highest BCUT2D eigenvalue weighted by Crippen LogP contribution is 2.18. The van der Waals surface area contributed by atoms with Crippen LogP contribution in [0.5, 0.6) is 0 Å². The Hall–Kier alpha value is -4.46. The molecule has 1 atom stereocenters. The molecule has 4 aromatic heterocycles. The van der Waals surface area contributed by atoms with E-state index in [0.717, 1.165) is 17.0 Å². The van der Waals surface area contributed by atoms with Crippen molar-refractivity contribution >= 4 is 28.8 Å². The van der Waals surface area contributed by atoms with Crippen LogP contribution in [0.3, 0.4) is 0 Å². The number of imidazole rings is 2. The lowest BCUT2D eigenvalue weighted by Crippen LogP contribution is -2.44. The first-order chi connectivity index (χ1) is 16.1. The van der Waals surface area contributed by atoms with Crippen LogP contribution in [0.2, 0.25) is 0 Å². The summed E-state index contributed by atoms with van der Waals surface area (Å²) in [6.07, 6.45) is 10.5. The van der Waals surface area contributed by atoms with Gasteiger partial charge in [0.15, 0.2) is 0 Å². The third-order valence-corrected chi connectivity index (χ3v) is 5.43. The second kappa shape index (κ2) is 8.58. The van der Waals surface area contributed by atoms with E-state index in [0.29, 0.717) is 17.7 Å². The Morgan fingerprint density at radius 1 is 0.879 bits per heavy atom. The topological polar surface area (TPSA) is 84.0 Å². The van der Waals surface area contributed by atoms with Gasteiger partial charge in [-0.1, -0.05) is 18.2 Å². The highest BCUT2D eigenvalue weighted by molar-refractivity contribution is 6.06. The van der Waals surface area contributed by atoms with Crippen LogP contribution in [-0.4, -0.2) is 43.2 Å². The number of amides is 2. The van der Waals surface area contributed by atoms with Gasteiger partial charge in [-0.3, -0.25) is 9.59 Å². The third kappa shape index (κ3) is 4.18. The van der Waals surface area contributed by atoms with Gasteiger partial charge in [0, 0.05) is 55.5 Å². The van der Waals surface area contributed by atoms with Gasteiger partial charge >= 0.3 is 0 Å². The molecule has 0 aliphatic carbocycles. The van der Waals surface area contributed by atoms with Crippen molar-refractivity contribution in [2.24, 2.45) is 0 Å². The molecular formula is C25H22N6O2. The Kier molecular flexibility index (Phi) is 5.32. The van der Waals surface area contributed by atoms with Crippen LogP contribution in [-0.2, 0) is 0 Å². The number of nitrogens with zero attached hydrogens (tertiary/aromatic N) is 5. The van der Waals surface area contributed by atoms with Crippen LogP contribution in [0.15, 0.2) is 91.8 Å². The van der Waals surface area contributed by atoms with Crippen molar-refractivity contribution in [1.82, 2.24) is 24.1 Å². The molecule has 1 aromatic carbocycles. The summed E-state index contributed by atoms with van der Waals surface area (Å²) in [5.41, 5.74) is 3.36. The summed E-state index contributed by atoms with van der Waals surface area (Å²) < 4.78 is 3.61. The van der Waals surface area contributed by atoms with Gasteiger partial charge in [0.2, 0.25) is 0 Å². The molecule has 5 aromatic rings. The number of para-hydroxylation sites is 1. The summed E-state index contributed by atoms with van der Waals surface area (Å²) in [6, 6.07) is 16.3. The van der Waals surface area contributed by atoms with Crippen molar-refractivity contribution < 1.29 is 9.59 Å². The number of carbonyl (C=O) groups is 2. The Balaban J connectivity index is 1.37. The Labute approximate surface area is 190 Å². The number of fused-ring (bicyclic) bond motifs is 2. The molecule has 8 heteroatoms. The first kappa shape index (κ1) is 20.4. The second-order valence-electron chi connectivity index (χ2n) is 7.85. The van der Waals surface area contributed by atoms with Crippen LogP contribution >= 0.6 is 0 Å². The molecule has 0 aliphatic heterocycles. The Morgan fingerprint density at radius 2 is 1.48 bits per heavy atom. The van der Waals surface area contributed by atoms with Gasteiger partial charge in [-0.15, -0.1) is 0 Å². The molecule has 0 radical (unpaired) electrons. The molecule has 0 saturated carbocycles. The fourth-order valence-electron chi connectivity index (χ4n) is 3.80. The van der Waals surface area contributed by atoms with E-state index in [9.17, 15) is 9.59 Å². The smallest absolute Gasteiger partial charge is 0.259 e. The van der Waals surface area contributed by atoms with Gasteiger partial charge in [-0.25, -0.2) is 9.97 Å². The first-order valence-electron chi connectivity index (χ1n) is 10.6. The average Bonchev–Trinajstić information content (AvgIpc) is 3.51. The molecule has 0 bridgehead atoms. The SMILES string of the molecule is CC(CN(C(=O)c1ccc2nccn2c1)c1ccccc1)NC(=O)c1ccc2nccn2c1. The van der Waals surface area contributed by atoms with Crippen molar-refractivity contribution in [3.63, 3.8) is 0 Å². The second-order valence-corrected chi connectivity index (χ2v) is 7.85. The molecule has 0 fully saturated rings. The van der Waals surface area contributed by atoms with Crippen LogP contribution in [0, 0.1) is 0 Å². The lowest BCUT2D eigenvalue weighted by molar-refractivity contribution is 0.0927. The molecule has 5 rings (SSSR count). The minimum absolute atomic E-state index is 0.155. The minimum Gasteiger partial charge on any atom is -0.348 e. The molecule has 0 spiro atoms. The van der Waals surface area contributed by atoms with Gasteiger partial charge in [0.1, 0.15) is 11.3 Å². The van der Waals surface area contributed by atoms with Crippen LogP contribution in [0.25, 0.3) is 11.3 Å². The van der Waals surface area contributed by atoms with E-state index < -0.39 is 0 Å². The maximum Gasteiger partial charge on any atom is 0.259 e. The van der Waals surface area contributed by atoms with E-state index in [-0.39, 0.29) is 17.9 Å². The van der Waals surface area contributed by atoms with Gasteiger partial charge in [0.25, 0.3) is 11.8 Å². The number of aromatic nitrogens is 4. The molecule has 1 N–H and O–H groups in total. The number of pyridine rings is 2. The summed E-state index contributed by atoms with van der Waals surface area (Å²) in [5.74, 6) is -0.365. The van der Waals surface area contributed by atoms with Crippen molar-refractivity contribution in [3.8, 4) is 0 Å². The molecule has 164 valence electrons. The average molecular weight is 438 g/mol. The third-order valence-electron chi connectivity index (χ3n) is 5.43. The summed E-state index contributed by atoms with van der Waals surface area (Å²) in [4.78, 5) is 36.4. The van der Waals surface area contributed by atoms with Crippen molar-refractivity contribution in [2.75, 3.05) is 11.4 Å². The zero-order chi connectivity index (χ0) is 22.8. The molecule has 33 heavy (non-hydrogen) atoms. The van der Waals surface area contributed by atoms with Crippen molar-refractivity contribution in [3.05, 3.63) is 103 Å². The molecular weight excluding hydrogens is 416 g/mol.